The number of benzene rings is 1. The zero-order valence-electron chi connectivity index (χ0n) is 13.4. The fraction of sp³-hybridized carbons (Fsp3) is 0.526. The summed E-state index contributed by atoms with van der Waals surface area (Å²) in [6.07, 6.45) is 7.05. The third-order valence-corrected chi connectivity index (χ3v) is 4.72. The summed E-state index contributed by atoms with van der Waals surface area (Å²) < 4.78 is 18.8. The zero-order chi connectivity index (χ0) is 16.0. The molecule has 0 amide bonds. The summed E-state index contributed by atoms with van der Waals surface area (Å²) in [6, 6.07) is 10.4. The number of aryl methyl sites for hydroxylation is 1. The third kappa shape index (κ3) is 3.96. The van der Waals surface area contributed by atoms with E-state index in [2.05, 4.69) is 31.2 Å². The minimum atomic E-state index is -0.746. The predicted octanol–water partition coefficient (Wildman–Crippen LogP) is 5.06. The highest BCUT2D eigenvalue weighted by atomic mass is 19.1. The third-order valence-electron chi connectivity index (χ3n) is 4.72. The molecule has 1 aromatic rings. The summed E-state index contributed by atoms with van der Waals surface area (Å²) in [5.74, 6) is -0.248. The van der Waals surface area contributed by atoms with E-state index in [0.717, 1.165) is 38.5 Å². The standard InChI is InChI=1S/C19H24FNO/c1-3-4-15-5-7-16(8-6-15)17-9-11-19(22-2,12-10-17)13-18(20)14-21/h5-8,13,17H,3-4,9-12H2,1-2H3/t17-,19+. The molecule has 0 aliphatic heterocycles. The van der Waals surface area contributed by atoms with E-state index in [-0.39, 0.29) is 0 Å². The van der Waals surface area contributed by atoms with Crippen molar-refractivity contribution in [2.24, 2.45) is 0 Å². The van der Waals surface area contributed by atoms with Gasteiger partial charge < -0.3 is 4.74 Å². The van der Waals surface area contributed by atoms with Crippen LogP contribution in [0.2, 0.25) is 0 Å². The second kappa shape index (κ2) is 7.56. The van der Waals surface area contributed by atoms with Crippen molar-refractivity contribution in [3.63, 3.8) is 0 Å². The number of methoxy groups -OCH3 is 1. The largest absolute Gasteiger partial charge is 0.374 e. The molecular weight excluding hydrogens is 277 g/mol. The molecule has 1 aromatic carbocycles. The first-order valence-electron chi connectivity index (χ1n) is 8.05. The molecule has 3 heteroatoms. The maximum Gasteiger partial charge on any atom is 0.198 e. The average Bonchev–Trinajstić information content (AvgIpc) is 2.56. The summed E-state index contributed by atoms with van der Waals surface area (Å²) in [5, 5.41) is 8.63. The van der Waals surface area contributed by atoms with Crippen LogP contribution in [0.25, 0.3) is 0 Å². The highest BCUT2D eigenvalue weighted by Gasteiger charge is 2.34. The van der Waals surface area contributed by atoms with Crippen molar-refractivity contribution in [1.29, 1.82) is 5.26 Å². The monoisotopic (exact) mass is 301 g/mol. The Morgan fingerprint density at radius 2 is 2.00 bits per heavy atom. The lowest BCUT2D eigenvalue weighted by atomic mass is 9.75. The lowest BCUT2D eigenvalue weighted by molar-refractivity contribution is -0.00344. The van der Waals surface area contributed by atoms with Crippen LogP contribution >= 0.6 is 0 Å². The van der Waals surface area contributed by atoms with E-state index >= 15 is 0 Å². The molecule has 1 saturated carbocycles. The van der Waals surface area contributed by atoms with Crippen LogP contribution in [0.3, 0.4) is 0 Å². The lowest BCUT2D eigenvalue weighted by Gasteiger charge is -2.37. The van der Waals surface area contributed by atoms with Crippen LogP contribution in [0.1, 0.15) is 56.1 Å². The quantitative estimate of drug-likeness (QED) is 0.712. The van der Waals surface area contributed by atoms with E-state index in [4.69, 9.17) is 10.00 Å². The fourth-order valence-electron chi connectivity index (χ4n) is 3.36. The van der Waals surface area contributed by atoms with E-state index in [1.165, 1.54) is 17.2 Å². The molecule has 2 nitrogen and oxygen atoms in total. The highest BCUT2D eigenvalue weighted by molar-refractivity contribution is 5.27. The van der Waals surface area contributed by atoms with Crippen molar-refractivity contribution in [2.75, 3.05) is 7.11 Å². The molecule has 1 aliphatic carbocycles. The van der Waals surface area contributed by atoms with Crippen LogP contribution in [0, 0.1) is 11.3 Å². The molecule has 2 rings (SSSR count). The number of halogens is 1. The van der Waals surface area contributed by atoms with Crippen LogP contribution in [0.5, 0.6) is 0 Å². The van der Waals surface area contributed by atoms with E-state index in [1.807, 2.05) is 0 Å². The molecule has 0 spiro atoms. The van der Waals surface area contributed by atoms with Gasteiger partial charge in [-0.15, -0.1) is 0 Å². The Kier molecular flexibility index (Phi) is 5.74. The minimum Gasteiger partial charge on any atom is -0.374 e. The molecule has 0 heterocycles. The second-order valence-electron chi connectivity index (χ2n) is 6.14. The summed E-state index contributed by atoms with van der Waals surface area (Å²) in [5.41, 5.74) is 2.12. The number of nitrogens with zero attached hydrogens (tertiary/aromatic N) is 1. The maximum absolute atomic E-state index is 13.3. The number of nitriles is 1. The van der Waals surface area contributed by atoms with Gasteiger partial charge in [0.05, 0.1) is 5.60 Å². The van der Waals surface area contributed by atoms with Gasteiger partial charge in [-0.2, -0.15) is 9.65 Å². The van der Waals surface area contributed by atoms with E-state index in [0.29, 0.717) is 5.92 Å². The Bertz CT molecular complexity index is 548. The predicted molar refractivity (Wildman–Crippen MR) is 86.2 cm³/mol. The lowest BCUT2D eigenvalue weighted by Crippen LogP contribution is -2.34. The van der Waals surface area contributed by atoms with Crippen LogP contribution in [0.4, 0.5) is 4.39 Å². The van der Waals surface area contributed by atoms with Gasteiger partial charge in [-0.3, -0.25) is 0 Å². The van der Waals surface area contributed by atoms with Crippen molar-refractivity contribution in [1.82, 2.24) is 0 Å². The number of hydrogen-bond acceptors (Lipinski definition) is 2. The molecule has 0 aromatic heterocycles. The smallest absolute Gasteiger partial charge is 0.198 e. The molecule has 118 valence electrons. The molecule has 0 saturated heterocycles. The SMILES string of the molecule is CCCc1ccc([C@H]2CC[C@@](C=C(F)C#N)(OC)CC2)cc1. The van der Waals surface area contributed by atoms with Gasteiger partial charge in [0.15, 0.2) is 5.83 Å². The van der Waals surface area contributed by atoms with Gasteiger partial charge in [0.1, 0.15) is 6.07 Å². The van der Waals surface area contributed by atoms with Crippen molar-refractivity contribution in [3.05, 3.63) is 47.3 Å². The zero-order valence-corrected chi connectivity index (χ0v) is 13.4. The van der Waals surface area contributed by atoms with Crippen LogP contribution in [0.15, 0.2) is 36.2 Å². The summed E-state index contributed by atoms with van der Waals surface area (Å²) >= 11 is 0. The summed E-state index contributed by atoms with van der Waals surface area (Å²) in [6.45, 7) is 2.19. The number of hydrogen-bond donors (Lipinski definition) is 0. The van der Waals surface area contributed by atoms with Crippen LogP contribution in [-0.4, -0.2) is 12.7 Å². The Morgan fingerprint density at radius 3 is 2.50 bits per heavy atom. The number of rotatable bonds is 5. The van der Waals surface area contributed by atoms with Gasteiger partial charge in [-0.1, -0.05) is 37.6 Å². The van der Waals surface area contributed by atoms with Gasteiger partial charge in [-0.05, 0) is 55.2 Å². The summed E-state index contributed by atoms with van der Waals surface area (Å²) in [7, 11) is 1.60. The van der Waals surface area contributed by atoms with Gasteiger partial charge >= 0.3 is 0 Å². The molecule has 1 fully saturated rings. The highest BCUT2D eigenvalue weighted by Crippen LogP contribution is 2.41. The second-order valence-corrected chi connectivity index (χ2v) is 6.14. The summed E-state index contributed by atoms with van der Waals surface area (Å²) in [4.78, 5) is 0. The van der Waals surface area contributed by atoms with Gasteiger partial charge in [0.25, 0.3) is 0 Å². The molecule has 0 N–H and O–H groups in total. The van der Waals surface area contributed by atoms with E-state index in [9.17, 15) is 4.39 Å². The van der Waals surface area contributed by atoms with E-state index < -0.39 is 11.4 Å². The Hall–Kier alpha value is -1.66. The first-order chi connectivity index (χ1) is 10.6. The normalized spacial score (nSPS) is 25.7. The van der Waals surface area contributed by atoms with Crippen LogP contribution in [-0.2, 0) is 11.2 Å². The average molecular weight is 301 g/mol. The Balaban J connectivity index is 2.03. The van der Waals surface area contributed by atoms with Crippen molar-refractivity contribution < 1.29 is 9.13 Å². The first-order valence-corrected chi connectivity index (χ1v) is 8.05. The molecular formula is C19H24FNO. The minimum absolute atomic E-state index is 0.498. The van der Waals surface area contributed by atoms with Crippen molar-refractivity contribution in [2.45, 2.75) is 57.0 Å². The molecule has 0 unspecified atom stereocenters. The Labute approximate surface area is 132 Å². The van der Waals surface area contributed by atoms with Crippen molar-refractivity contribution >= 4 is 0 Å². The fourth-order valence-corrected chi connectivity index (χ4v) is 3.36. The maximum atomic E-state index is 13.3. The van der Waals surface area contributed by atoms with E-state index in [1.54, 1.807) is 13.2 Å². The molecule has 1 aliphatic rings. The number of allylic oxidation sites excluding steroid dienone is 1. The van der Waals surface area contributed by atoms with Crippen LogP contribution < -0.4 is 0 Å². The van der Waals surface area contributed by atoms with Gasteiger partial charge in [-0.25, -0.2) is 0 Å². The molecule has 0 bridgehead atoms. The number of ether oxygens (including phenoxy) is 1. The molecule has 0 atom stereocenters. The molecule has 22 heavy (non-hydrogen) atoms. The Morgan fingerprint density at radius 1 is 1.36 bits per heavy atom. The van der Waals surface area contributed by atoms with Gasteiger partial charge in [0, 0.05) is 7.11 Å². The van der Waals surface area contributed by atoms with Crippen molar-refractivity contribution in [3.8, 4) is 6.07 Å². The topological polar surface area (TPSA) is 33.0 Å². The first kappa shape index (κ1) is 16.7. The molecule has 0 radical (unpaired) electrons. The van der Waals surface area contributed by atoms with Gasteiger partial charge in [0.2, 0.25) is 0 Å².